The first-order valence-electron chi connectivity index (χ1n) is 9.05. The monoisotopic (exact) mass is 420 g/mol. The number of hydrogen-bond acceptors (Lipinski definition) is 1. The van der Waals surface area contributed by atoms with Gasteiger partial charge in [-0.15, -0.1) is 0 Å². The Balaban J connectivity index is 2.07. The Kier molecular flexibility index (Phi) is 4.52. The molecule has 0 aliphatic rings. The van der Waals surface area contributed by atoms with Crippen molar-refractivity contribution < 1.29 is 4.79 Å². The molecule has 1 heterocycles. The molecular formula is C23H21BrN2O. The fourth-order valence-electron chi connectivity index (χ4n) is 3.69. The smallest absolute Gasteiger partial charge is 0.249 e. The van der Waals surface area contributed by atoms with Crippen LogP contribution >= 0.6 is 15.9 Å². The molecule has 27 heavy (non-hydrogen) atoms. The van der Waals surface area contributed by atoms with E-state index in [1.165, 1.54) is 11.1 Å². The molecule has 2 N–H and O–H groups in total. The molecule has 4 rings (SSSR count). The molecule has 1 aromatic heterocycles. The average Bonchev–Trinajstić information content (AvgIpc) is 2.96. The van der Waals surface area contributed by atoms with Crippen LogP contribution in [0.25, 0.3) is 21.8 Å². The highest BCUT2D eigenvalue weighted by atomic mass is 79.9. The van der Waals surface area contributed by atoms with Crippen LogP contribution in [0, 0.1) is 0 Å². The predicted octanol–water partition coefficient (Wildman–Crippen LogP) is 5.83. The Morgan fingerprint density at radius 3 is 2.52 bits per heavy atom. The Hall–Kier alpha value is -2.59. The zero-order valence-electron chi connectivity index (χ0n) is 15.4. The minimum Gasteiger partial charge on any atom is -0.366 e. The van der Waals surface area contributed by atoms with Crippen LogP contribution in [0.1, 0.15) is 41.3 Å². The maximum Gasteiger partial charge on any atom is 0.249 e. The summed E-state index contributed by atoms with van der Waals surface area (Å²) < 4.78 is 3.36. The van der Waals surface area contributed by atoms with E-state index in [0.717, 1.165) is 26.3 Å². The van der Waals surface area contributed by atoms with Gasteiger partial charge in [-0.3, -0.25) is 4.79 Å². The zero-order chi connectivity index (χ0) is 19.1. The number of fused-ring (bicyclic) bond motifs is 3. The maximum atomic E-state index is 12.1. The van der Waals surface area contributed by atoms with Crippen molar-refractivity contribution in [1.82, 2.24) is 4.57 Å². The van der Waals surface area contributed by atoms with Crippen LogP contribution in [-0.2, 0) is 6.54 Å². The Labute approximate surface area is 166 Å². The minimum absolute atomic E-state index is 0.395. The normalized spacial score (nSPS) is 11.6. The van der Waals surface area contributed by atoms with E-state index in [9.17, 15) is 4.79 Å². The molecule has 0 spiro atoms. The van der Waals surface area contributed by atoms with Crippen molar-refractivity contribution >= 4 is 43.6 Å². The van der Waals surface area contributed by atoms with E-state index in [2.05, 4.69) is 70.7 Å². The van der Waals surface area contributed by atoms with Crippen LogP contribution in [0.4, 0.5) is 0 Å². The highest BCUT2D eigenvalue weighted by Crippen LogP contribution is 2.34. The summed E-state index contributed by atoms with van der Waals surface area (Å²) in [5.74, 6) is 0.0356. The topological polar surface area (TPSA) is 48.0 Å². The molecule has 0 fully saturated rings. The maximum absolute atomic E-state index is 12.1. The number of carbonyl (C=O) groups is 1. The highest BCUT2D eigenvalue weighted by Gasteiger charge is 2.17. The summed E-state index contributed by atoms with van der Waals surface area (Å²) in [5.41, 5.74) is 10.9. The van der Waals surface area contributed by atoms with Gasteiger partial charge in [0.05, 0.1) is 5.52 Å². The summed E-state index contributed by atoms with van der Waals surface area (Å²) >= 11 is 3.66. The number of amides is 1. The van der Waals surface area contributed by atoms with E-state index in [-0.39, 0.29) is 0 Å². The number of aromatic nitrogens is 1. The largest absolute Gasteiger partial charge is 0.366 e. The van der Waals surface area contributed by atoms with Crippen molar-refractivity contribution in [1.29, 1.82) is 0 Å². The van der Waals surface area contributed by atoms with Gasteiger partial charge in [0, 0.05) is 32.9 Å². The predicted molar refractivity (Wildman–Crippen MR) is 115 cm³/mol. The summed E-state index contributed by atoms with van der Waals surface area (Å²) in [4.78, 5) is 12.1. The second kappa shape index (κ2) is 6.86. The third kappa shape index (κ3) is 3.04. The second-order valence-electron chi connectivity index (χ2n) is 7.17. The van der Waals surface area contributed by atoms with Crippen molar-refractivity contribution in [3.8, 4) is 0 Å². The summed E-state index contributed by atoms with van der Waals surface area (Å²) in [6, 6.07) is 20.5. The molecule has 0 atom stereocenters. The molecule has 1 amide bonds. The lowest BCUT2D eigenvalue weighted by Gasteiger charge is -2.11. The highest BCUT2D eigenvalue weighted by molar-refractivity contribution is 9.10. The number of rotatable bonds is 4. The number of benzene rings is 3. The summed E-state index contributed by atoms with van der Waals surface area (Å²) in [6.45, 7) is 5.10. The standard InChI is InChI=1S/C23H21BrN2O/c1-14(2)15-10-11-17-21(12-15)26(13-16-6-3-4-8-19(16)24)20-9-5-7-18(22(17)20)23(25)27/h3-12,14H,13H2,1-2H3,(H2,25,27). The van der Waals surface area contributed by atoms with Gasteiger partial charge in [-0.2, -0.15) is 0 Å². The number of hydrogen-bond donors (Lipinski definition) is 1. The molecule has 0 bridgehead atoms. The molecule has 0 aliphatic carbocycles. The summed E-state index contributed by atoms with van der Waals surface area (Å²) in [7, 11) is 0. The van der Waals surface area contributed by atoms with Crippen LogP contribution in [0.15, 0.2) is 65.1 Å². The molecule has 3 aromatic carbocycles. The van der Waals surface area contributed by atoms with Crippen LogP contribution in [0.3, 0.4) is 0 Å². The van der Waals surface area contributed by atoms with Crippen LogP contribution < -0.4 is 5.73 Å². The molecule has 0 radical (unpaired) electrons. The van der Waals surface area contributed by atoms with Crippen molar-refractivity contribution in [2.45, 2.75) is 26.3 Å². The summed E-state index contributed by atoms with van der Waals surface area (Å²) in [5, 5.41) is 2.00. The third-order valence-corrected chi connectivity index (χ3v) is 5.91. The molecule has 0 unspecified atom stereocenters. The number of nitrogens with two attached hydrogens (primary N) is 1. The zero-order valence-corrected chi connectivity index (χ0v) is 17.0. The Bertz CT molecular complexity index is 1170. The third-order valence-electron chi connectivity index (χ3n) is 5.13. The number of primary amides is 1. The molecular weight excluding hydrogens is 400 g/mol. The van der Waals surface area contributed by atoms with Gasteiger partial charge in [-0.05, 0) is 41.3 Å². The molecule has 4 heteroatoms. The van der Waals surface area contributed by atoms with E-state index in [1.54, 1.807) is 0 Å². The van der Waals surface area contributed by atoms with Gasteiger partial charge in [0.1, 0.15) is 0 Å². The molecule has 4 aromatic rings. The van der Waals surface area contributed by atoms with Crippen molar-refractivity contribution in [2.24, 2.45) is 5.73 Å². The van der Waals surface area contributed by atoms with Crippen molar-refractivity contribution in [3.05, 3.63) is 81.8 Å². The van der Waals surface area contributed by atoms with E-state index in [0.29, 0.717) is 18.0 Å². The molecule has 0 saturated heterocycles. The number of nitrogens with zero attached hydrogens (tertiary/aromatic N) is 1. The van der Waals surface area contributed by atoms with Gasteiger partial charge < -0.3 is 10.3 Å². The van der Waals surface area contributed by atoms with Crippen LogP contribution in [-0.4, -0.2) is 10.5 Å². The lowest BCUT2D eigenvalue weighted by Crippen LogP contribution is -2.11. The molecule has 0 aliphatic heterocycles. The van der Waals surface area contributed by atoms with Gasteiger partial charge in [0.2, 0.25) is 5.91 Å². The average molecular weight is 421 g/mol. The van der Waals surface area contributed by atoms with Crippen molar-refractivity contribution in [2.75, 3.05) is 0 Å². The molecule has 136 valence electrons. The fourth-order valence-corrected chi connectivity index (χ4v) is 4.10. The van der Waals surface area contributed by atoms with Gasteiger partial charge in [0.15, 0.2) is 0 Å². The van der Waals surface area contributed by atoms with Crippen LogP contribution in [0.5, 0.6) is 0 Å². The van der Waals surface area contributed by atoms with E-state index < -0.39 is 5.91 Å². The van der Waals surface area contributed by atoms with Crippen LogP contribution in [0.2, 0.25) is 0 Å². The SMILES string of the molecule is CC(C)c1ccc2c3c(C(N)=O)cccc3n(Cc3ccccc3Br)c2c1. The number of carbonyl (C=O) groups excluding carboxylic acids is 1. The lowest BCUT2D eigenvalue weighted by atomic mass is 10.00. The van der Waals surface area contributed by atoms with E-state index >= 15 is 0 Å². The quantitative estimate of drug-likeness (QED) is 0.443. The Morgan fingerprint density at radius 2 is 1.81 bits per heavy atom. The Morgan fingerprint density at radius 1 is 1.04 bits per heavy atom. The first-order valence-corrected chi connectivity index (χ1v) is 9.84. The van der Waals surface area contributed by atoms with Crippen molar-refractivity contribution in [3.63, 3.8) is 0 Å². The van der Waals surface area contributed by atoms with E-state index in [4.69, 9.17) is 5.73 Å². The van der Waals surface area contributed by atoms with Gasteiger partial charge in [-0.25, -0.2) is 0 Å². The first-order chi connectivity index (χ1) is 13.0. The second-order valence-corrected chi connectivity index (χ2v) is 8.03. The van der Waals surface area contributed by atoms with Gasteiger partial charge in [-0.1, -0.05) is 66.2 Å². The fraction of sp³-hybridized carbons (Fsp3) is 0.174. The van der Waals surface area contributed by atoms with Gasteiger partial charge in [0.25, 0.3) is 0 Å². The lowest BCUT2D eigenvalue weighted by molar-refractivity contribution is 0.100. The number of halogens is 1. The first kappa shape index (κ1) is 17.8. The summed E-state index contributed by atoms with van der Waals surface area (Å²) in [6.07, 6.45) is 0. The van der Waals surface area contributed by atoms with E-state index in [1.807, 2.05) is 24.3 Å². The van der Waals surface area contributed by atoms with Gasteiger partial charge >= 0.3 is 0 Å². The minimum atomic E-state index is -0.395. The molecule has 3 nitrogen and oxygen atoms in total. The molecule has 0 saturated carbocycles.